The summed E-state index contributed by atoms with van der Waals surface area (Å²) in [5.41, 5.74) is -0.0190. The van der Waals surface area contributed by atoms with Gasteiger partial charge >= 0.3 is 6.18 Å². The Kier molecular flexibility index (Phi) is 5.33. The molecule has 1 amide bonds. The van der Waals surface area contributed by atoms with Crippen molar-refractivity contribution in [1.82, 2.24) is 9.88 Å². The largest absolute Gasteiger partial charge is 0.416 e. The smallest absolute Gasteiger partial charge is 0.386 e. The fourth-order valence-electron chi connectivity index (χ4n) is 2.45. The molecule has 7 heteroatoms. The number of nitrogens with one attached hydrogen (secondary N) is 1. The van der Waals surface area contributed by atoms with Gasteiger partial charge < -0.3 is 15.0 Å². The number of hydrogen-bond acceptors (Lipinski definition) is 2. The van der Waals surface area contributed by atoms with Crippen molar-refractivity contribution in [3.8, 4) is 0 Å². The van der Waals surface area contributed by atoms with Gasteiger partial charge in [0.15, 0.2) is 0 Å². The predicted octanol–water partition coefficient (Wildman–Crippen LogP) is 3.29. The summed E-state index contributed by atoms with van der Waals surface area (Å²) >= 11 is 0. The summed E-state index contributed by atoms with van der Waals surface area (Å²) < 4.78 is 39.4. The zero-order chi connectivity index (χ0) is 17.9. The van der Waals surface area contributed by atoms with E-state index in [-0.39, 0.29) is 5.91 Å². The van der Waals surface area contributed by atoms with E-state index in [2.05, 4.69) is 5.32 Å². The van der Waals surface area contributed by atoms with Crippen LogP contribution in [0, 0.1) is 0 Å². The number of aromatic nitrogens is 1. The van der Waals surface area contributed by atoms with Gasteiger partial charge in [-0.3, -0.25) is 4.79 Å². The van der Waals surface area contributed by atoms with Gasteiger partial charge in [0, 0.05) is 13.2 Å². The van der Waals surface area contributed by atoms with Crippen LogP contribution in [0.5, 0.6) is 0 Å². The third-order valence-electron chi connectivity index (χ3n) is 3.89. The first-order chi connectivity index (χ1) is 11.2. The molecule has 4 nitrogen and oxygen atoms in total. The van der Waals surface area contributed by atoms with Gasteiger partial charge in [0.1, 0.15) is 5.69 Å². The zero-order valence-electron chi connectivity index (χ0n) is 13.3. The lowest BCUT2D eigenvalue weighted by atomic mass is 9.99. The van der Waals surface area contributed by atoms with Crippen LogP contribution in [-0.4, -0.2) is 21.6 Å². The third-order valence-corrected chi connectivity index (χ3v) is 3.89. The van der Waals surface area contributed by atoms with E-state index >= 15 is 0 Å². The summed E-state index contributed by atoms with van der Waals surface area (Å²) in [7, 11) is 1.72. The molecular formula is C17H19F3N2O2. The molecule has 0 saturated heterocycles. The first kappa shape index (κ1) is 18.1. The summed E-state index contributed by atoms with van der Waals surface area (Å²) in [6, 6.07) is 7.06. The van der Waals surface area contributed by atoms with E-state index in [4.69, 9.17) is 0 Å². The van der Waals surface area contributed by atoms with E-state index in [9.17, 15) is 23.1 Å². The molecule has 24 heavy (non-hydrogen) atoms. The highest BCUT2D eigenvalue weighted by molar-refractivity contribution is 5.92. The quantitative estimate of drug-likeness (QED) is 0.878. The van der Waals surface area contributed by atoms with Gasteiger partial charge in [-0.1, -0.05) is 19.1 Å². The van der Waals surface area contributed by atoms with E-state index in [1.54, 1.807) is 36.9 Å². The van der Waals surface area contributed by atoms with Crippen LogP contribution in [-0.2, 0) is 13.2 Å². The van der Waals surface area contributed by atoms with E-state index in [0.29, 0.717) is 17.7 Å². The number of alkyl halides is 3. The fraction of sp³-hybridized carbons (Fsp3) is 0.353. The lowest BCUT2D eigenvalue weighted by Crippen LogP contribution is -2.39. The van der Waals surface area contributed by atoms with Gasteiger partial charge in [-0.05, 0) is 36.2 Å². The number of aliphatic hydroxyl groups is 1. The molecule has 1 heterocycles. The van der Waals surface area contributed by atoms with Gasteiger partial charge in [0.05, 0.1) is 17.7 Å². The molecule has 2 rings (SSSR count). The van der Waals surface area contributed by atoms with Crippen LogP contribution in [0.25, 0.3) is 0 Å². The van der Waals surface area contributed by atoms with E-state index in [1.807, 2.05) is 0 Å². The Morgan fingerprint density at radius 3 is 2.33 bits per heavy atom. The second-order valence-corrected chi connectivity index (χ2v) is 5.56. The fourth-order valence-corrected chi connectivity index (χ4v) is 2.45. The van der Waals surface area contributed by atoms with Crippen LogP contribution < -0.4 is 5.32 Å². The normalized spacial score (nSPS) is 14.2. The number of benzene rings is 1. The lowest BCUT2D eigenvalue weighted by Gasteiger charge is -2.23. The minimum atomic E-state index is -4.42. The Morgan fingerprint density at radius 1 is 1.25 bits per heavy atom. The number of amides is 1. The Balaban J connectivity index is 2.12. The van der Waals surface area contributed by atoms with Gasteiger partial charge in [0.25, 0.3) is 5.91 Å². The van der Waals surface area contributed by atoms with Gasteiger partial charge in [-0.2, -0.15) is 13.2 Å². The third kappa shape index (κ3) is 3.97. The van der Waals surface area contributed by atoms with Crippen molar-refractivity contribution < 1.29 is 23.1 Å². The second kappa shape index (κ2) is 7.09. The van der Waals surface area contributed by atoms with Gasteiger partial charge in [-0.25, -0.2) is 0 Å². The Labute approximate surface area is 137 Å². The molecule has 130 valence electrons. The van der Waals surface area contributed by atoms with Crippen LogP contribution in [0.3, 0.4) is 0 Å². The number of hydrogen-bond donors (Lipinski definition) is 2. The molecule has 2 aromatic rings. The minimum Gasteiger partial charge on any atom is -0.386 e. The van der Waals surface area contributed by atoms with Gasteiger partial charge in [-0.15, -0.1) is 0 Å². The molecular weight excluding hydrogens is 321 g/mol. The molecule has 1 aromatic heterocycles. The van der Waals surface area contributed by atoms with Crippen LogP contribution in [0.1, 0.15) is 41.1 Å². The average molecular weight is 340 g/mol. The first-order valence-electron chi connectivity index (χ1n) is 7.51. The molecule has 1 aromatic carbocycles. The van der Waals surface area contributed by atoms with E-state index in [0.717, 1.165) is 12.1 Å². The van der Waals surface area contributed by atoms with Gasteiger partial charge in [0.2, 0.25) is 0 Å². The number of nitrogens with zero attached hydrogens (tertiary/aromatic N) is 1. The first-order valence-corrected chi connectivity index (χ1v) is 7.51. The topological polar surface area (TPSA) is 54.3 Å². The van der Waals surface area contributed by atoms with Crippen molar-refractivity contribution in [1.29, 1.82) is 0 Å². The SMILES string of the molecule is CCC(NC(=O)c1cccn1C)C(O)c1ccc(C(F)(F)F)cc1. The maximum atomic E-state index is 12.6. The molecule has 0 spiro atoms. The van der Waals surface area contributed by atoms with E-state index in [1.165, 1.54) is 12.1 Å². The standard InChI is InChI=1S/C17H19F3N2O2/c1-3-13(21-16(24)14-5-4-10-22(14)2)15(23)11-6-8-12(9-7-11)17(18,19)20/h4-10,13,15,23H,3H2,1-2H3,(H,21,24). The molecule has 0 bridgehead atoms. The average Bonchev–Trinajstić information content (AvgIpc) is 2.97. The predicted molar refractivity (Wildman–Crippen MR) is 83.4 cm³/mol. The molecule has 0 radical (unpaired) electrons. The lowest BCUT2D eigenvalue weighted by molar-refractivity contribution is -0.137. The molecule has 2 unspecified atom stereocenters. The molecule has 0 aliphatic carbocycles. The highest BCUT2D eigenvalue weighted by Crippen LogP contribution is 2.30. The maximum Gasteiger partial charge on any atom is 0.416 e. The Morgan fingerprint density at radius 2 is 1.88 bits per heavy atom. The Bertz CT molecular complexity index is 693. The number of halogens is 3. The summed E-state index contributed by atoms with van der Waals surface area (Å²) in [6.07, 6.45) is -3.36. The maximum absolute atomic E-state index is 12.6. The molecule has 0 saturated carbocycles. The van der Waals surface area contributed by atoms with Crippen LogP contribution in [0.15, 0.2) is 42.6 Å². The Hall–Kier alpha value is -2.28. The monoisotopic (exact) mass is 340 g/mol. The highest BCUT2D eigenvalue weighted by atomic mass is 19.4. The molecule has 2 N–H and O–H groups in total. The van der Waals surface area contributed by atoms with Crippen molar-refractivity contribution in [3.05, 3.63) is 59.4 Å². The van der Waals surface area contributed by atoms with Crippen molar-refractivity contribution in [2.24, 2.45) is 7.05 Å². The van der Waals surface area contributed by atoms with Crippen molar-refractivity contribution >= 4 is 5.91 Å². The van der Waals surface area contributed by atoms with Crippen molar-refractivity contribution in [2.45, 2.75) is 31.7 Å². The summed E-state index contributed by atoms with van der Waals surface area (Å²) in [5.74, 6) is -0.347. The number of rotatable bonds is 5. The summed E-state index contributed by atoms with van der Waals surface area (Å²) in [5, 5.41) is 13.1. The van der Waals surface area contributed by atoms with Crippen molar-refractivity contribution in [2.75, 3.05) is 0 Å². The number of aryl methyl sites for hydroxylation is 1. The number of carbonyl (C=O) groups excluding carboxylic acids is 1. The summed E-state index contributed by atoms with van der Waals surface area (Å²) in [4.78, 5) is 12.2. The molecule has 2 atom stereocenters. The molecule has 0 aliphatic heterocycles. The number of aliphatic hydroxyl groups excluding tert-OH is 1. The minimum absolute atomic E-state index is 0.321. The molecule has 0 fully saturated rings. The molecule has 0 aliphatic rings. The van der Waals surface area contributed by atoms with Crippen molar-refractivity contribution in [3.63, 3.8) is 0 Å². The summed E-state index contributed by atoms with van der Waals surface area (Å²) in [6.45, 7) is 1.78. The number of carbonyl (C=O) groups is 1. The van der Waals surface area contributed by atoms with Crippen LogP contribution >= 0.6 is 0 Å². The second-order valence-electron chi connectivity index (χ2n) is 5.56. The van der Waals surface area contributed by atoms with Crippen LogP contribution in [0.4, 0.5) is 13.2 Å². The van der Waals surface area contributed by atoms with Crippen LogP contribution in [0.2, 0.25) is 0 Å². The zero-order valence-corrected chi connectivity index (χ0v) is 13.3. The highest BCUT2D eigenvalue weighted by Gasteiger charge is 2.30. The van der Waals surface area contributed by atoms with E-state index < -0.39 is 23.9 Å².